The first-order chi connectivity index (χ1) is 8.54. The van der Waals surface area contributed by atoms with Gasteiger partial charge in [-0.1, -0.05) is 37.3 Å². The number of carbonyl (C=O) groups excluding carboxylic acids is 1. The van der Waals surface area contributed by atoms with E-state index in [-0.39, 0.29) is 30.6 Å². The fraction of sp³-hybridized carbons (Fsp3) is 0.500. The van der Waals surface area contributed by atoms with Gasteiger partial charge in [0.1, 0.15) is 0 Å². The van der Waals surface area contributed by atoms with Crippen molar-refractivity contribution < 1.29 is 9.90 Å². The highest BCUT2D eigenvalue weighted by atomic mass is 16.3. The van der Waals surface area contributed by atoms with Crippen LogP contribution in [0.4, 0.5) is 4.79 Å². The molecule has 3 atom stereocenters. The number of hydrogen-bond acceptors (Lipinski definition) is 2. The van der Waals surface area contributed by atoms with Crippen LogP contribution in [0.2, 0.25) is 0 Å². The van der Waals surface area contributed by atoms with E-state index in [0.717, 1.165) is 5.56 Å². The zero-order valence-electron chi connectivity index (χ0n) is 11.2. The van der Waals surface area contributed by atoms with E-state index in [1.807, 2.05) is 51.1 Å². The van der Waals surface area contributed by atoms with E-state index in [0.29, 0.717) is 0 Å². The second-order valence-corrected chi connectivity index (χ2v) is 4.70. The quantitative estimate of drug-likeness (QED) is 0.749. The summed E-state index contributed by atoms with van der Waals surface area (Å²) in [5, 5.41) is 14.7. The third kappa shape index (κ3) is 4.37. The number of aliphatic hydroxyl groups excluding tert-OH is 1. The molecule has 3 N–H and O–H groups in total. The zero-order chi connectivity index (χ0) is 13.5. The maximum absolute atomic E-state index is 11.8. The van der Waals surface area contributed by atoms with Crippen LogP contribution in [0.15, 0.2) is 30.3 Å². The van der Waals surface area contributed by atoms with Gasteiger partial charge >= 0.3 is 6.03 Å². The first kappa shape index (κ1) is 14.5. The van der Waals surface area contributed by atoms with E-state index >= 15 is 0 Å². The number of benzene rings is 1. The van der Waals surface area contributed by atoms with Crippen molar-refractivity contribution in [3.05, 3.63) is 35.9 Å². The molecule has 0 aliphatic heterocycles. The third-order valence-electron chi connectivity index (χ3n) is 3.15. The van der Waals surface area contributed by atoms with Crippen LogP contribution >= 0.6 is 0 Å². The lowest BCUT2D eigenvalue weighted by Gasteiger charge is -2.21. The second kappa shape index (κ2) is 7.01. The number of urea groups is 1. The Morgan fingerprint density at radius 3 is 2.33 bits per heavy atom. The molecule has 18 heavy (non-hydrogen) atoms. The fourth-order valence-electron chi connectivity index (χ4n) is 1.57. The molecule has 0 aromatic heterocycles. The van der Waals surface area contributed by atoms with Crippen molar-refractivity contribution in [2.24, 2.45) is 5.92 Å². The zero-order valence-corrected chi connectivity index (χ0v) is 11.2. The SMILES string of the molecule is CC(NC(=O)NC(C)C(C)CO)c1ccccc1. The fourth-order valence-corrected chi connectivity index (χ4v) is 1.57. The maximum Gasteiger partial charge on any atom is 0.315 e. The molecule has 0 saturated heterocycles. The molecule has 0 spiro atoms. The van der Waals surface area contributed by atoms with Gasteiger partial charge in [0.15, 0.2) is 0 Å². The van der Waals surface area contributed by atoms with Crippen molar-refractivity contribution in [3.63, 3.8) is 0 Å². The van der Waals surface area contributed by atoms with Crippen molar-refractivity contribution in [1.29, 1.82) is 0 Å². The highest BCUT2D eigenvalue weighted by Gasteiger charge is 2.15. The minimum Gasteiger partial charge on any atom is -0.396 e. The molecule has 4 nitrogen and oxygen atoms in total. The van der Waals surface area contributed by atoms with Gasteiger partial charge in [0.25, 0.3) is 0 Å². The molecule has 0 aliphatic carbocycles. The van der Waals surface area contributed by atoms with Crippen LogP contribution in [0.25, 0.3) is 0 Å². The first-order valence-electron chi connectivity index (χ1n) is 6.27. The molecule has 1 aromatic rings. The standard InChI is InChI=1S/C14H22N2O2/c1-10(9-17)11(2)15-14(18)16-12(3)13-7-5-4-6-8-13/h4-8,10-12,17H,9H2,1-3H3,(H2,15,16,18). The number of hydrogen-bond donors (Lipinski definition) is 3. The Labute approximate surface area is 108 Å². The van der Waals surface area contributed by atoms with Gasteiger partial charge < -0.3 is 15.7 Å². The molecular formula is C14H22N2O2. The number of rotatable bonds is 5. The Bertz CT molecular complexity index is 367. The molecule has 2 amide bonds. The molecule has 0 bridgehead atoms. The van der Waals surface area contributed by atoms with Crippen LogP contribution in [-0.2, 0) is 0 Å². The predicted molar refractivity (Wildman–Crippen MR) is 72.2 cm³/mol. The molecule has 0 aliphatic rings. The van der Waals surface area contributed by atoms with Gasteiger partial charge in [-0.2, -0.15) is 0 Å². The largest absolute Gasteiger partial charge is 0.396 e. The summed E-state index contributed by atoms with van der Waals surface area (Å²) in [5.74, 6) is 0.0442. The number of amides is 2. The lowest BCUT2D eigenvalue weighted by Crippen LogP contribution is -2.44. The van der Waals surface area contributed by atoms with Crippen LogP contribution in [0.3, 0.4) is 0 Å². The summed E-state index contributed by atoms with van der Waals surface area (Å²) in [7, 11) is 0. The van der Waals surface area contributed by atoms with Crippen molar-refractivity contribution in [3.8, 4) is 0 Å². The smallest absolute Gasteiger partial charge is 0.315 e. The van der Waals surface area contributed by atoms with Crippen molar-refractivity contribution in [1.82, 2.24) is 10.6 Å². The maximum atomic E-state index is 11.8. The second-order valence-electron chi connectivity index (χ2n) is 4.70. The van der Waals surface area contributed by atoms with Gasteiger partial charge in [-0.15, -0.1) is 0 Å². The van der Waals surface area contributed by atoms with Crippen molar-refractivity contribution >= 4 is 6.03 Å². The van der Waals surface area contributed by atoms with Crippen LogP contribution in [-0.4, -0.2) is 23.8 Å². The molecular weight excluding hydrogens is 228 g/mol. The summed E-state index contributed by atoms with van der Waals surface area (Å²) < 4.78 is 0. The van der Waals surface area contributed by atoms with E-state index < -0.39 is 0 Å². The topological polar surface area (TPSA) is 61.4 Å². The molecule has 4 heteroatoms. The number of aliphatic hydroxyl groups is 1. The summed E-state index contributed by atoms with van der Waals surface area (Å²) in [5.41, 5.74) is 1.07. The molecule has 0 heterocycles. The molecule has 0 saturated carbocycles. The highest BCUT2D eigenvalue weighted by molar-refractivity contribution is 5.74. The number of nitrogens with one attached hydrogen (secondary N) is 2. The van der Waals surface area contributed by atoms with Gasteiger partial charge in [-0.3, -0.25) is 0 Å². The minimum absolute atomic E-state index is 0.0390. The lowest BCUT2D eigenvalue weighted by molar-refractivity contribution is 0.199. The summed E-state index contributed by atoms with van der Waals surface area (Å²) in [4.78, 5) is 11.8. The summed E-state index contributed by atoms with van der Waals surface area (Å²) in [6.45, 7) is 5.78. The van der Waals surface area contributed by atoms with Crippen molar-refractivity contribution in [2.75, 3.05) is 6.61 Å². The molecule has 0 fully saturated rings. The number of carbonyl (C=O) groups is 1. The Morgan fingerprint density at radius 1 is 1.17 bits per heavy atom. The molecule has 0 radical (unpaired) electrons. The van der Waals surface area contributed by atoms with E-state index in [4.69, 9.17) is 5.11 Å². The van der Waals surface area contributed by atoms with Gasteiger partial charge in [0, 0.05) is 12.6 Å². The van der Waals surface area contributed by atoms with E-state index in [2.05, 4.69) is 10.6 Å². The average Bonchev–Trinajstić information content (AvgIpc) is 2.38. The first-order valence-corrected chi connectivity index (χ1v) is 6.27. The predicted octanol–water partition coefficient (Wildman–Crippen LogP) is 2.06. The normalized spacial score (nSPS) is 15.6. The summed E-state index contributed by atoms with van der Waals surface area (Å²) in [6.07, 6.45) is 0. The van der Waals surface area contributed by atoms with Crippen LogP contribution in [0, 0.1) is 5.92 Å². The molecule has 1 rings (SSSR count). The van der Waals surface area contributed by atoms with E-state index in [1.54, 1.807) is 0 Å². The molecule has 1 aromatic carbocycles. The third-order valence-corrected chi connectivity index (χ3v) is 3.15. The van der Waals surface area contributed by atoms with Crippen LogP contribution < -0.4 is 10.6 Å². The van der Waals surface area contributed by atoms with Gasteiger partial charge in [-0.25, -0.2) is 4.79 Å². The monoisotopic (exact) mass is 250 g/mol. The lowest BCUT2D eigenvalue weighted by atomic mass is 10.1. The minimum atomic E-state index is -0.209. The highest BCUT2D eigenvalue weighted by Crippen LogP contribution is 2.10. The van der Waals surface area contributed by atoms with Gasteiger partial charge in [-0.05, 0) is 25.3 Å². The van der Waals surface area contributed by atoms with E-state index in [9.17, 15) is 4.79 Å². The Kier molecular flexibility index (Phi) is 5.65. The van der Waals surface area contributed by atoms with Gasteiger partial charge in [0.2, 0.25) is 0 Å². The van der Waals surface area contributed by atoms with Crippen molar-refractivity contribution in [2.45, 2.75) is 32.9 Å². The Balaban J connectivity index is 2.45. The molecule has 3 unspecified atom stereocenters. The average molecular weight is 250 g/mol. The Morgan fingerprint density at radius 2 is 1.78 bits per heavy atom. The summed E-state index contributed by atoms with van der Waals surface area (Å²) >= 11 is 0. The Hall–Kier alpha value is -1.55. The van der Waals surface area contributed by atoms with Gasteiger partial charge in [0.05, 0.1) is 6.04 Å². The van der Waals surface area contributed by atoms with Crippen LogP contribution in [0.1, 0.15) is 32.4 Å². The molecule has 100 valence electrons. The van der Waals surface area contributed by atoms with E-state index in [1.165, 1.54) is 0 Å². The van der Waals surface area contributed by atoms with Crippen LogP contribution in [0.5, 0.6) is 0 Å². The summed E-state index contributed by atoms with van der Waals surface area (Å²) in [6, 6.07) is 9.49.